The molecule has 7 fully saturated rings. The molecule has 0 aromatic heterocycles. The van der Waals surface area contributed by atoms with Crippen molar-refractivity contribution in [3.8, 4) is 0 Å². The molecule has 4 saturated carbocycles. The van der Waals surface area contributed by atoms with Crippen molar-refractivity contribution in [1.29, 1.82) is 0 Å². The van der Waals surface area contributed by atoms with Crippen LogP contribution in [0.3, 0.4) is 0 Å². The summed E-state index contributed by atoms with van der Waals surface area (Å²) in [6.45, 7) is 2.80. The molecule has 4 aliphatic carbocycles. The Bertz CT molecular complexity index is 2950. The average Bonchev–Trinajstić information content (AvgIpc) is 4.22. The van der Waals surface area contributed by atoms with Crippen LogP contribution in [0.5, 0.6) is 0 Å². The van der Waals surface area contributed by atoms with E-state index in [1.165, 1.54) is 59.8 Å². The molecule has 7 aliphatic rings. The minimum atomic E-state index is -5.42. The first-order chi connectivity index (χ1) is 37.8. The van der Waals surface area contributed by atoms with Gasteiger partial charge in [-0.15, -0.1) is 3.89 Å². The summed E-state index contributed by atoms with van der Waals surface area (Å²) in [7, 11) is -9.77. The summed E-state index contributed by atoms with van der Waals surface area (Å²) < 4.78 is 99.3. The minimum absolute atomic E-state index is 0.0229. The highest BCUT2D eigenvalue weighted by molar-refractivity contribution is 7.97. The second-order valence-corrected chi connectivity index (χ2v) is 26.8. The molecule has 3 aliphatic heterocycles. The molecule has 3 saturated heterocycles. The molecule has 3 heterocycles. The lowest BCUT2D eigenvalue weighted by Crippen LogP contribution is -2.50. The molecule has 0 spiro atoms. The van der Waals surface area contributed by atoms with Gasteiger partial charge in [-0.2, -0.15) is 0 Å². The fourth-order valence-electron chi connectivity index (χ4n) is 11.7. The first-order valence-electron chi connectivity index (χ1n) is 26.0. The fourth-order valence-corrected chi connectivity index (χ4v) is 16.2. The molecule has 418 valence electrons. The van der Waals surface area contributed by atoms with E-state index in [1.54, 1.807) is 0 Å². The molecule has 5 unspecified atom stereocenters. The first-order valence-corrected chi connectivity index (χ1v) is 31.3. The zero-order valence-corrected chi connectivity index (χ0v) is 46.8. The van der Waals surface area contributed by atoms with Crippen molar-refractivity contribution in [3.05, 3.63) is 181 Å². The number of ether oxygens (including phenoxy) is 4. The van der Waals surface area contributed by atoms with Crippen LogP contribution in [-0.4, -0.2) is 87.3 Å². The van der Waals surface area contributed by atoms with Crippen molar-refractivity contribution in [2.24, 2.45) is 29.1 Å². The highest BCUT2D eigenvalue weighted by Gasteiger charge is 2.65. The van der Waals surface area contributed by atoms with E-state index in [9.17, 15) is 35.6 Å². The number of fused-ring (bicyclic) bond motifs is 1. The number of hydrogen-bond acceptors (Lipinski definition) is 13. The maximum Gasteiger partial charge on any atom is 0.338 e. The molecule has 0 radical (unpaired) electrons. The lowest BCUT2D eigenvalue weighted by molar-refractivity contribution is -0.170. The van der Waals surface area contributed by atoms with Gasteiger partial charge in [-0.3, -0.25) is 9.59 Å². The lowest BCUT2D eigenvalue weighted by atomic mass is 9.49. The summed E-state index contributed by atoms with van der Waals surface area (Å²) in [5.41, 5.74) is 2.23. The normalized spacial score (nSPS) is 24.5. The van der Waals surface area contributed by atoms with Crippen molar-refractivity contribution in [3.63, 3.8) is 0 Å². The molecular formula is C60H62F2O13S4. The minimum Gasteiger partial charge on any atom is -0.748 e. The van der Waals surface area contributed by atoms with Gasteiger partial charge in [0.1, 0.15) is 12.7 Å². The van der Waals surface area contributed by atoms with E-state index in [-0.39, 0.29) is 63.9 Å². The van der Waals surface area contributed by atoms with E-state index in [1.807, 2.05) is 0 Å². The fraction of sp³-hybridized carbons (Fsp3) is 0.350. The third-order valence-corrected chi connectivity index (χ3v) is 19.8. The van der Waals surface area contributed by atoms with Gasteiger partial charge in [-0.1, -0.05) is 108 Å². The maximum atomic E-state index is 12.3. The number of esters is 3. The Morgan fingerprint density at radius 3 is 1.32 bits per heavy atom. The van der Waals surface area contributed by atoms with Crippen LogP contribution < -0.4 is 0 Å². The Morgan fingerprint density at radius 1 is 0.595 bits per heavy atom. The van der Waals surface area contributed by atoms with Crippen LogP contribution in [-0.2, 0) is 75.7 Å². The Balaban J connectivity index is 0.000000135. The summed E-state index contributed by atoms with van der Waals surface area (Å²) in [6.07, 6.45) is 5.12. The number of rotatable bonds is 12. The highest BCUT2D eigenvalue weighted by Crippen LogP contribution is 2.60. The average molecular weight is 1160 g/mol. The first kappa shape index (κ1) is 59.2. The van der Waals surface area contributed by atoms with Gasteiger partial charge in [-0.25, -0.2) is 26.0 Å². The van der Waals surface area contributed by atoms with Gasteiger partial charge in [0.05, 0.1) is 55.1 Å². The van der Waals surface area contributed by atoms with Crippen LogP contribution in [0, 0.1) is 42.9 Å². The molecule has 79 heavy (non-hydrogen) atoms. The second kappa shape index (κ2) is 26.6. The molecule has 19 heteroatoms. The van der Waals surface area contributed by atoms with Crippen molar-refractivity contribution in [2.45, 2.75) is 113 Å². The summed E-state index contributed by atoms with van der Waals surface area (Å²) in [5.74, 6) is -0.422. The van der Waals surface area contributed by atoms with Crippen molar-refractivity contribution in [2.75, 3.05) is 19.0 Å². The predicted molar refractivity (Wildman–Crippen MR) is 292 cm³/mol. The van der Waals surface area contributed by atoms with Crippen LogP contribution >= 0.6 is 0 Å². The Hall–Kier alpha value is -5.93. The predicted octanol–water partition coefficient (Wildman–Crippen LogP) is 10.5. The quantitative estimate of drug-likeness (QED) is 0.0368. The number of carbonyl (C=O) groups is 3. The number of alkyl halides is 1. The van der Waals surface area contributed by atoms with Crippen LogP contribution in [0.15, 0.2) is 199 Å². The largest absolute Gasteiger partial charge is 0.748 e. The molecule has 6 bridgehead atoms. The third-order valence-electron chi connectivity index (χ3n) is 14.6. The molecule has 5 atom stereocenters. The van der Waals surface area contributed by atoms with Gasteiger partial charge in [0.15, 0.2) is 48.3 Å². The van der Waals surface area contributed by atoms with Gasteiger partial charge < -0.3 is 28.1 Å². The van der Waals surface area contributed by atoms with E-state index in [0.717, 1.165) is 19.3 Å². The smallest absolute Gasteiger partial charge is 0.338 e. The van der Waals surface area contributed by atoms with Gasteiger partial charge >= 0.3 is 17.9 Å². The van der Waals surface area contributed by atoms with Crippen LogP contribution in [0.25, 0.3) is 0 Å². The Kier molecular flexibility index (Phi) is 19.9. The van der Waals surface area contributed by atoms with Gasteiger partial charge in [0.25, 0.3) is 10.5 Å². The number of benzene rings is 6. The van der Waals surface area contributed by atoms with E-state index in [2.05, 4.69) is 184 Å². The van der Waals surface area contributed by atoms with E-state index in [0.29, 0.717) is 24.2 Å². The van der Waals surface area contributed by atoms with E-state index in [4.69, 9.17) is 31.9 Å². The molecule has 0 amide bonds. The Labute approximate surface area is 466 Å². The second-order valence-electron chi connectivity index (χ2n) is 20.5. The molecular weight excluding hydrogens is 1090 g/mol. The number of hydrogen-bond donors (Lipinski definition) is 0. The summed E-state index contributed by atoms with van der Waals surface area (Å²) in [5, 5.41) is 0. The Morgan fingerprint density at radius 2 is 0.962 bits per heavy atom. The summed E-state index contributed by atoms with van der Waals surface area (Å²) >= 11 is 0. The maximum absolute atomic E-state index is 12.3. The number of halogens is 2. The zero-order chi connectivity index (χ0) is 56.3. The summed E-state index contributed by atoms with van der Waals surface area (Å²) in [6, 6.07) is 60.8. The van der Waals surface area contributed by atoms with Gasteiger partial charge in [0, 0.05) is 0 Å². The highest BCUT2D eigenvalue weighted by atomic mass is 32.3. The monoisotopic (exact) mass is 1160 g/mol. The van der Waals surface area contributed by atoms with Gasteiger partial charge in [-0.05, 0) is 149 Å². The van der Waals surface area contributed by atoms with E-state index < -0.39 is 51.2 Å². The van der Waals surface area contributed by atoms with Gasteiger partial charge in [0.2, 0.25) is 0 Å². The topological polar surface area (TPSA) is 203 Å². The van der Waals surface area contributed by atoms with Crippen molar-refractivity contribution >= 4 is 60.3 Å². The molecule has 6 aromatic rings. The molecule has 6 aromatic carbocycles. The molecule has 13 nitrogen and oxygen atoms in total. The molecule has 0 N–H and O–H groups in total. The standard InChI is InChI=1S/2C19H17S.C13H20O5S.C9H9FO5.FHO3S/c2*1-16-12-14-19(15-13-16)20(17-8-4-2-5-9-17)18-10-6-3-7-11-18;14-12(18-1-2-19(15,16)17)13-6-9-3-10(7-13)5-11(4-9)8-13;10-2-5(11)14-7-4-1-3-6(13-4)8(7)15-9(3)12;1-5(2,3)4/h2*2-15H,1H3;9-11H,1-8H2,(H,15,16,17);3-4,6-8H,1-2H2;(H,2,3,4)/q2*+1;;;/p-2. The van der Waals surface area contributed by atoms with Crippen molar-refractivity contribution < 1.29 is 67.5 Å². The summed E-state index contributed by atoms with van der Waals surface area (Å²) in [4.78, 5) is 42.5. The molecule has 13 rings (SSSR count). The van der Waals surface area contributed by atoms with Crippen LogP contribution in [0.4, 0.5) is 8.28 Å². The third kappa shape index (κ3) is 16.1. The zero-order valence-electron chi connectivity index (χ0n) is 43.6. The van der Waals surface area contributed by atoms with Crippen LogP contribution in [0.1, 0.15) is 56.1 Å². The number of carbonyl (C=O) groups excluding carboxylic acids is 3. The van der Waals surface area contributed by atoms with Crippen molar-refractivity contribution in [1.82, 2.24) is 0 Å². The van der Waals surface area contributed by atoms with E-state index >= 15 is 0 Å². The van der Waals surface area contributed by atoms with Crippen LogP contribution in [0.2, 0.25) is 0 Å². The lowest BCUT2D eigenvalue weighted by Gasteiger charge is -2.55. The SMILES string of the molecule is Cc1ccc([S+](c2ccccc2)c2ccccc2)cc1.Cc1ccc([S+](c2ccccc2)c2ccccc2)cc1.O=C(CF)OC1C2CC3C(=O)OC1C3O2.O=C(OCCS(=O)(=O)[O-])C12CC3CC(CC(C3)C1)C2.O=S(=O)([O-])F. The number of aryl methyl sites for hydroxylation is 2.